The molecule has 0 spiro atoms. The van der Waals surface area contributed by atoms with E-state index in [1.807, 2.05) is 23.5 Å². The molecule has 2 atom stereocenters. The Bertz CT molecular complexity index is 2610. The Balaban J connectivity index is 0.963. The zero-order chi connectivity index (χ0) is 36.0. The van der Waals surface area contributed by atoms with Crippen molar-refractivity contribution < 1.29 is 0 Å². The van der Waals surface area contributed by atoms with Gasteiger partial charge in [-0.2, -0.15) is 0 Å². The lowest BCUT2D eigenvalue weighted by molar-refractivity contribution is 0.609. The summed E-state index contributed by atoms with van der Waals surface area (Å²) in [5.74, 6) is 0.566. The van der Waals surface area contributed by atoms with Crippen molar-refractivity contribution in [1.82, 2.24) is 0 Å². The monoisotopic (exact) mass is 744 g/mol. The first kappa shape index (κ1) is 32.8. The van der Waals surface area contributed by atoms with Crippen LogP contribution in [0.3, 0.4) is 0 Å². The molecule has 3 aliphatic heterocycles. The fourth-order valence-electron chi connectivity index (χ4n) is 9.19. The Morgan fingerprint density at radius 3 is 1.93 bits per heavy atom. The summed E-state index contributed by atoms with van der Waals surface area (Å²) in [7, 11) is 0. The molecule has 0 fully saturated rings. The summed E-state index contributed by atoms with van der Waals surface area (Å²) >= 11 is 6.03. The van der Waals surface area contributed by atoms with E-state index in [1.54, 1.807) is 15.8 Å². The van der Waals surface area contributed by atoms with Gasteiger partial charge in [0.15, 0.2) is 0 Å². The number of thioether (sulfide) groups is 2. The number of hydrogen-bond acceptors (Lipinski definition) is 3. The molecule has 6 aromatic rings. The zero-order valence-electron chi connectivity index (χ0n) is 30.3. The molecule has 2 unspecified atom stereocenters. The van der Waals surface area contributed by atoms with E-state index in [1.165, 1.54) is 80.0 Å². The van der Waals surface area contributed by atoms with E-state index in [9.17, 15) is 0 Å². The smallest absolute Gasteiger partial charge is 0.0955 e. The molecule has 11 rings (SSSR count). The lowest BCUT2D eigenvalue weighted by atomic mass is 9.35. The third kappa shape index (κ3) is 5.40. The molecular formula is C50H37BS3. The highest BCUT2D eigenvalue weighted by molar-refractivity contribution is 8.06. The van der Waals surface area contributed by atoms with E-state index >= 15 is 0 Å². The van der Waals surface area contributed by atoms with Crippen LogP contribution < -0.4 is 10.9 Å². The number of hydrogen-bond donors (Lipinski definition) is 0. The summed E-state index contributed by atoms with van der Waals surface area (Å²) < 4.78 is 0. The van der Waals surface area contributed by atoms with Crippen LogP contribution in [0.25, 0.3) is 39.0 Å². The van der Waals surface area contributed by atoms with Gasteiger partial charge in [0.25, 0.3) is 0 Å². The second kappa shape index (κ2) is 12.7. The predicted octanol–water partition coefficient (Wildman–Crippen LogP) is 13.0. The van der Waals surface area contributed by atoms with Crippen molar-refractivity contribution in [3.63, 3.8) is 0 Å². The van der Waals surface area contributed by atoms with Gasteiger partial charge < -0.3 is 0 Å². The summed E-state index contributed by atoms with van der Waals surface area (Å²) in [5.41, 5.74) is 16.2. The minimum absolute atomic E-state index is 0.141. The molecule has 6 aromatic carbocycles. The van der Waals surface area contributed by atoms with Crippen LogP contribution in [0.5, 0.6) is 0 Å². The molecule has 0 saturated carbocycles. The fraction of sp³-hybridized carbons (Fsp3) is 0.120. The molecule has 0 bridgehead atoms. The second-order valence-electron chi connectivity index (χ2n) is 15.6. The molecule has 3 heterocycles. The lowest BCUT2D eigenvalue weighted by Crippen LogP contribution is -2.54. The van der Waals surface area contributed by atoms with Crippen LogP contribution in [0.4, 0.5) is 0 Å². The molecule has 54 heavy (non-hydrogen) atoms. The Labute approximate surface area is 331 Å². The van der Waals surface area contributed by atoms with Crippen LogP contribution in [-0.4, -0.2) is 6.71 Å². The Hall–Kier alpha value is -4.61. The number of benzene rings is 6. The number of allylic oxidation sites excluding steroid dienone is 7. The van der Waals surface area contributed by atoms with Gasteiger partial charge in [0.05, 0.1) is 0 Å². The van der Waals surface area contributed by atoms with E-state index in [0.717, 1.165) is 12.8 Å². The van der Waals surface area contributed by atoms with Crippen LogP contribution >= 0.6 is 35.3 Å². The third-order valence-corrected chi connectivity index (χ3v) is 15.3. The largest absolute Gasteiger partial charge is 0.249 e. The number of rotatable bonds is 5. The molecule has 4 heteroatoms. The van der Waals surface area contributed by atoms with E-state index < -0.39 is 0 Å². The molecule has 0 N–H and O–H groups in total. The van der Waals surface area contributed by atoms with E-state index in [-0.39, 0.29) is 5.41 Å². The van der Waals surface area contributed by atoms with Crippen LogP contribution in [-0.2, 0) is 5.41 Å². The highest BCUT2D eigenvalue weighted by Crippen LogP contribution is 2.54. The maximum absolute atomic E-state index is 2.54. The zero-order valence-corrected chi connectivity index (χ0v) is 32.8. The normalized spacial score (nSPS) is 20.3. The van der Waals surface area contributed by atoms with Gasteiger partial charge in [-0.3, -0.25) is 0 Å². The SMILES string of the molecule is CC1C=C2Sc3cccc4c3B3C2=C(C1)Sc1cc(-c2cccc(C5(C)C=CC=C(c6cc(-c7ccccc7)cc(-c7ccccc7)c6)C5)c2)cc(c13)S4. The van der Waals surface area contributed by atoms with Crippen molar-refractivity contribution in [3.05, 3.63) is 184 Å². The molecule has 2 aliphatic carbocycles. The summed E-state index contributed by atoms with van der Waals surface area (Å²) in [6, 6.07) is 50.0. The molecule has 0 nitrogen and oxygen atoms in total. The highest BCUT2D eigenvalue weighted by atomic mass is 32.2. The minimum atomic E-state index is -0.141. The van der Waals surface area contributed by atoms with Gasteiger partial charge in [-0.15, -0.1) is 0 Å². The fourth-order valence-corrected chi connectivity index (χ4v) is 13.5. The molecule has 258 valence electrons. The first-order valence-corrected chi connectivity index (χ1v) is 21.5. The van der Waals surface area contributed by atoms with Crippen LogP contribution in [0.15, 0.2) is 193 Å². The molecule has 0 aromatic heterocycles. The minimum Gasteiger partial charge on any atom is -0.0955 e. The van der Waals surface area contributed by atoms with E-state index in [4.69, 9.17) is 0 Å². The Kier molecular flexibility index (Phi) is 7.73. The summed E-state index contributed by atoms with van der Waals surface area (Å²) in [4.78, 5) is 8.83. The van der Waals surface area contributed by atoms with Crippen molar-refractivity contribution in [2.75, 3.05) is 0 Å². The van der Waals surface area contributed by atoms with Crippen molar-refractivity contribution in [3.8, 4) is 33.4 Å². The van der Waals surface area contributed by atoms with Crippen molar-refractivity contribution in [2.24, 2.45) is 5.92 Å². The standard InChI is InChI=1S/C50H37BS3/c1-31-22-43-48-44(23-31)54-46-29-39(28-45-49(46)51(48)47-41(52-43)19-10-20-42(47)53-45)34-16-9-18-40(27-34)50(2)21-11-17-35(30-50)38-25-36(32-12-5-3-6-13-32)24-37(26-38)33-14-7-4-8-15-33/h3-22,24-29,31H,23,30H2,1-2H3. The van der Waals surface area contributed by atoms with Gasteiger partial charge in [0.1, 0.15) is 0 Å². The summed E-state index contributed by atoms with van der Waals surface area (Å²) in [5, 5.41) is 0. The second-order valence-corrected chi connectivity index (χ2v) is 18.9. The maximum atomic E-state index is 2.54. The third-order valence-electron chi connectivity index (χ3n) is 11.9. The quantitative estimate of drug-likeness (QED) is 0.161. The van der Waals surface area contributed by atoms with Gasteiger partial charge in [0, 0.05) is 29.9 Å². The van der Waals surface area contributed by atoms with E-state index in [0.29, 0.717) is 12.6 Å². The molecule has 0 saturated heterocycles. The van der Waals surface area contributed by atoms with Crippen LogP contribution in [0, 0.1) is 5.92 Å². The predicted molar refractivity (Wildman–Crippen MR) is 234 cm³/mol. The van der Waals surface area contributed by atoms with E-state index in [2.05, 4.69) is 183 Å². The molecule has 5 aliphatic rings. The van der Waals surface area contributed by atoms with Gasteiger partial charge in [0.2, 0.25) is 6.71 Å². The lowest BCUT2D eigenvalue weighted by Gasteiger charge is -2.41. The van der Waals surface area contributed by atoms with Gasteiger partial charge in [-0.05, 0) is 133 Å². The Morgan fingerprint density at radius 2 is 1.19 bits per heavy atom. The van der Waals surface area contributed by atoms with Crippen LogP contribution in [0.1, 0.15) is 37.8 Å². The average molecular weight is 745 g/mol. The first-order chi connectivity index (χ1) is 26.5. The Morgan fingerprint density at radius 1 is 0.574 bits per heavy atom. The van der Waals surface area contributed by atoms with Gasteiger partial charge >= 0.3 is 0 Å². The summed E-state index contributed by atoms with van der Waals surface area (Å²) in [6.45, 7) is 5.15. The van der Waals surface area contributed by atoms with Crippen LogP contribution in [0.2, 0.25) is 0 Å². The molecule has 0 radical (unpaired) electrons. The highest BCUT2D eigenvalue weighted by Gasteiger charge is 2.46. The molecular weight excluding hydrogens is 708 g/mol. The molecule has 0 amide bonds. The van der Waals surface area contributed by atoms with Gasteiger partial charge in [-0.1, -0.05) is 164 Å². The topological polar surface area (TPSA) is 0 Å². The average Bonchev–Trinajstić information content (AvgIpc) is 3.21. The maximum Gasteiger partial charge on any atom is 0.249 e. The van der Waals surface area contributed by atoms with Crippen molar-refractivity contribution >= 4 is 58.5 Å². The van der Waals surface area contributed by atoms with Crippen molar-refractivity contribution in [2.45, 2.75) is 51.7 Å². The summed E-state index contributed by atoms with van der Waals surface area (Å²) in [6.07, 6.45) is 11.6. The van der Waals surface area contributed by atoms with Crippen molar-refractivity contribution in [1.29, 1.82) is 0 Å². The van der Waals surface area contributed by atoms with Gasteiger partial charge in [-0.25, -0.2) is 0 Å². The first-order valence-electron chi connectivity index (χ1n) is 19.0.